The molecule has 2 aliphatic rings. The van der Waals surface area contributed by atoms with Crippen molar-refractivity contribution in [1.82, 2.24) is 25.1 Å². The molecule has 2 fully saturated rings. The largest absolute Gasteiger partial charge is 0.370 e. The van der Waals surface area contributed by atoms with Gasteiger partial charge in [-0.25, -0.2) is 14.8 Å². The van der Waals surface area contributed by atoms with Crippen molar-refractivity contribution in [2.75, 3.05) is 13.6 Å². The van der Waals surface area contributed by atoms with Gasteiger partial charge in [-0.15, -0.1) is 11.3 Å². The fourth-order valence-corrected chi connectivity index (χ4v) is 6.44. The topological polar surface area (TPSA) is 119 Å². The average molecular weight is 569 g/mol. The number of carbonyl (C=O) groups is 4. The van der Waals surface area contributed by atoms with E-state index in [1.54, 1.807) is 40.4 Å². The second-order valence-corrected chi connectivity index (χ2v) is 11.2. The minimum Gasteiger partial charge on any atom is -0.370 e. The van der Waals surface area contributed by atoms with Gasteiger partial charge in [-0.2, -0.15) is 0 Å². The number of carbonyl (C=O) groups excluding carboxylic acids is 4. The van der Waals surface area contributed by atoms with Gasteiger partial charge < -0.3 is 20.9 Å². The van der Waals surface area contributed by atoms with E-state index in [4.69, 9.17) is 17.3 Å². The van der Waals surface area contributed by atoms with Crippen molar-refractivity contribution in [3.63, 3.8) is 0 Å². The highest BCUT2D eigenvalue weighted by molar-refractivity contribution is 7.17. The number of likely N-dealkylation sites (N-methyl/N-ethyl adjacent to an activating group) is 1. The Morgan fingerprint density at radius 1 is 1.13 bits per heavy atom. The summed E-state index contributed by atoms with van der Waals surface area (Å²) in [7, 11) is 1.65. The van der Waals surface area contributed by atoms with E-state index in [2.05, 4.69) is 5.32 Å². The summed E-state index contributed by atoms with van der Waals surface area (Å²) in [6.07, 6.45) is -1.17. The van der Waals surface area contributed by atoms with Gasteiger partial charge in [-0.3, -0.25) is 14.4 Å². The number of fused-ring (bicyclic) bond motifs is 2. The minimum absolute atomic E-state index is 0.130. The van der Waals surface area contributed by atoms with Crippen molar-refractivity contribution in [2.45, 2.75) is 44.7 Å². The lowest BCUT2D eigenvalue weighted by atomic mass is 9.97. The molecule has 0 aliphatic carbocycles. The lowest BCUT2D eigenvalue weighted by Crippen LogP contribution is -2.78. The first-order valence-electron chi connectivity index (χ1n) is 12.5. The molecule has 3 heterocycles. The summed E-state index contributed by atoms with van der Waals surface area (Å²) in [5.41, 5.74) is 7.34. The zero-order chi connectivity index (χ0) is 27.8. The number of benzene rings is 2. The van der Waals surface area contributed by atoms with Gasteiger partial charge in [0.1, 0.15) is 12.2 Å². The molecular weight excluding hydrogens is 540 g/mol. The molecule has 12 heteroatoms. The van der Waals surface area contributed by atoms with Crippen molar-refractivity contribution in [3.05, 3.63) is 70.1 Å². The Morgan fingerprint density at radius 3 is 2.56 bits per heavy atom. The smallest absolute Gasteiger partial charge is 0.334 e. The van der Waals surface area contributed by atoms with Gasteiger partial charge in [-0.1, -0.05) is 41.9 Å². The molecule has 2 aromatic carbocycles. The standard InChI is InChI=1S/C27H29ClN6O4S/c1-16-25-33(24(36)14-31(2)34(25)27(38)30-12-17-7-9-19(28)10-8-17)21(11-23(29)35)26(37)32(16)13-18-15-39-22-6-4-3-5-20(18)22/h3-10,15-16,21,25H,11-14H2,1-2H3,(H2,29,35)(H,30,38)/t16-,21-,25-/m0/s1. The van der Waals surface area contributed by atoms with Gasteiger partial charge in [-0.05, 0) is 47.0 Å². The molecule has 0 saturated carbocycles. The van der Waals surface area contributed by atoms with Crippen LogP contribution in [0.15, 0.2) is 53.9 Å². The predicted molar refractivity (Wildman–Crippen MR) is 148 cm³/mol. The molecule has 1 aromatic heterocycles. The lowest BCUT2D eigenvalue weighted by Gasteiger charge is -2.57. The van der Waals surface area contributed by atoms with Crippen LogP contribution >= 0.6 is 22.9 Å². The summed E-state index contributed by atoms with van der Waals surface area (Å²) in [5.74, 6) is -1.42. The van der Waals surface area contributed by atoms with Gasteiger partial charge in [0.05, 0.1) is 19.0 Å². The third-order valence-corrected chi connectivity index (χ3v) is 8.51. The maximum atomic E-state index is 13.8. The number of hydrogen-bond acceptors (Lipinski definition) is 6. The van der Waals surface area contributed by atoms with Crippen molar-refractivity contribution >= 4 is 56.8 Å². The molecule has 204 valence electrons. The zero-order valence-corrected chi connectivity index (χ0v) is 23.1. The fourth-order valence-electron chi connectivity index (χ4n) is 5.36. The van der Waals surface area contributed by atoms with E-state index in [1.807, 2.05) is 48.7 Å². The van der Waals surface area contributed by atoms with Crippen LogP contribution in [-0.2, 0) is 27.5 Å². The van der Waals surface area contributed by atoms with Crippen molar-refractivity contribution in [1.29, 1.82) is 0 Å². The molecule has 3 aromatic rings. The highest BCUT2D eigenvalue weighted by Gasteiger charge is 2.54. The Labute approximate surface area is 234 Å². The Bertz CT molecular complexity index is 1430. The number of hydrazine groups is 1. The quantitative estimate of drug-likeness (QED) is 0.474. The number of piperazine rings is 1. The molecule has 3 N–H and O–H groups in total. The molecule has 0 unspecified atom stereocenters. The van der Waals surface area contributed by atoms with Crippen LogP contribution in [0.3, 0.4) is 0 Å². The Balaban J connectivity index is 1.48. The third-order valence-electron chi connectivity index (χ3n) is 7.24. The van der Waals surface area contributed by atoms with Crippen LogP contribution in [0.4, 0.5) is 4.79 Å². The van der Waals surface area contributed by atoms with Gasteiger partial charge in [0.2, 0.25) is 17.7 Å². The number of nitrogens with one attached hydrogen (secondary N) is 1. The van der Waals surface area contributed by atoms with E-state index < -0.39 is 30.2 Å². The summed E-state index contributed by atoms with van der Waals surface area (Å²) in [5, 5.41) is 9.55. The van der Waals surface area contributed by atoms with Crippen molar-refractivity contribution in [3.8, 4) is 0 Å². The molecule has 10 nitrogen and oxygen atoms in total. The Morgan fingerprint density at radius 2 is 1.85 bits per heavy atom. The van der Waals surface area contributed by atoms with E-state index in [0.717, 1.165) is 21.2 Å². The summed E-state index contributed by atoms with van der Waals surface area (Å²) in [6.45, 7) is 2.19. The number of nitrogens with two attached hydrogens (primary N) is 1. The normalized spacial score (nSPS) is 21.8. The van der Waals surface area contributed by atoms with Gasteiger partial charge in [0.25, 0.3) is 0 Å². The Kier molecular flexibility index (Phi) is 7.48. The molecule has 2 aliphatic heterocycles. The molecule has 39 heavy (non-hydrogen) atoms. The second-order valence-electron chi connectivity index (χ2n) is 9.81. The van der Waals surface area contributed by atoms with E-state index in [1.165, 1.54) is 9.91 Å². The van der Waals surface area contributed by atoms with E-state index in [0.29, 0.717) is 5.02 Å². The maximum absolute atomic E-state index is 13.8. The molecule has 3 atom stereocenters. The van der Waals surface area contributed by atoms with Gasteiger partial charge in [0.15, 0.2) is 0 Å². The maximum Gasteiger partial charge on any atom is 0.334 e. The molecule has 5 rings (SSSR count). The minimum atomic E-state index is -1.11. The highest BCUT2D eigenvalue weighted by Crippen LogP contribution is 2.34. The van der Waals surface area contributed by atoms with Gasteiger partial charge in [0, 0.05) is 29.9 Å². The SMILES string of the molecule is C[C@H]1[C@H]2N(C(=O)CN(C)N2C(=O)NCc2ccc(Cl)cc2)[C@@H](CC(N)=O)C(=O)N1Cc1csc2ccccc12. The number of hydrogen-bond donors (Lipinski definition) is 2. The molecule has 2 saturated heterocycles. The van der Waals surface area contributed by atoms with E-state index in [9.17, 15) is 19.2 Å². The predicted octanol–water partition coefficient (Wildman–Crippen LogP) is 2.76. The lowest BCUT2D eigenvalue weighted by molar-refractivity contribution is -0.196. The number of nitrogens with zero attached hydrogens (tertiary/aromatic N) is 4. The van der Waals surface area contributed by atoms with Gasteiger partial charge >= 0.3 is 6.03 Å². The molecule has 0 radical (unpaired) electrons. The highest BCUT2D eigenvalue weighted by atomic mass is 35.5. The van der Waals surface area contributed by atoms with Crippen LogP contribution in [0.25, 0.3) is 10.1 Å². The van der Waals surface area contributed by atoms with Crippen LogP contribution in [0.2, 0.25) is 5.02 Å². The van der Waals surface area contributed by atoms with Crippen LogP contribution in [0, 0.1) is 0 Å². The van der Waals surface area contributed by atoms with Crippen LogP contribution < -0.4 is 11.1 Å². The first kappa shape index (κ1) is 26.9. The molecular formula is C27H29ClN6O4S. The number of rotatable bonds is 6. The molecule has 5 amide bonds. The number of thiophene rings is 1. The second kappa shape index (κ2) is 10.8. The fraction of sp³-hybridized carbons (Fsp3) is 0.333. The van der Waals surface area contributed by atoms with Crippen molar-refractivity contribution in [2.24, 2.45) is 5.73 Å². The summed E-state index contributed by atoms with van der Waals surface area (Å²) >= 11 is 7.56. The van der Waals surface area contributed by atoms with Crippen LogP contribution in [0.5, 0.6) is 0 Å². The number of urea groups is 1. The number of primary amides is 1. The number of amides is 5. The zero-order valence-electron chi connectivity index (χ0n) is 21.5. The first-order chi connectivity index (χ1) is 18.7. The van der Waals surface area contributed by atoms with E-state index in [-0.39, 0.29) is 37.9 Å². The van der Waals surface area contributed by atoms with Crippen LogP contribution in [-0.4, -0.2) is 75.4 Å². The van der Waals surface area contributed by atoms with Crippen LogP contribution in [0.1, 0.15) is 24.5 Å². The first-order valence-corrected chi connectivity index (χ1v) is 13.8. The summed E-state index contributed by atoms with van der Waals surface area (Å²) in [4.78, 5) is 55.7. The Hall–Kier alpha value is -3.67. The third kappa shape index (κ3) is 5.17. The number of halogens is 1. The molecule has 0 spiro atoms. The molecule has 0 bridgehead atoms. The average Bonchev–Trinajstić information content (AvgIpc) is 3.31. The monoisotopic (exact) mass is 568 g/mol. The summed E-state index contributed by atoms with van der Waals surface area (Å²) in [6, 6.07) is 12.9. The summed E-state index contributed by atoms with van der Waals surface area (Å²) < 4.78 is 1.09. The van der Waals surface area contributed by atoms with E-state index >= 15 is 0 Å². The van der Waals surface area contributed by atoms with Crippen molar-refractivity contribution < 1.29 is 19.2 Å².